The first-order valence-electron chi connectivity index (χ1n) is 4.75. The maximum atomic E-state index is 11.8. The van der Waals surface area contributed by atoms with Crippen molar-refractivity contribution in [2.75, 3.05) is 6.54 Å². The molecule has 1 rings (SSSR count). The van der Waals surface area contributed by atoms with Crippen LogP contribution in [0.15, 0.2) is 17.3 Å². The van der Waals surface area contributed by atoms with Crippen LogP contribution >= 0.6 is 0 Å². The molecule has 6 nitrogen and oxygen atoms in total. The molecule has 0 aliphatic carbocycles. The first kappa shape index (κ1) is 12.2. The second-order valence-electron chi connectivity index (χ2n) is 3.24. The summed E-state index contributed by atoms with van der Waals surface area (Å²) in [7, 11) is -3.50. The van der Waals surface area contributed by atoms with E-state index in [0.29, 0.717) is 6.54 Å². The Hall–Kier alpha value is -0.920. The van der Waals surface area contributed by atoms with Gasteiger partial charge in [0.2, 0.25) is 0 Å². The minimum absolute atomic E-state index is 0.172. The van der Waals surface area contributed by atoms with Crippen molar-refractivity contribution in [2.24, 2.45) is 5.73 Å². The lowest BCUT2D eigenvalue weighted by atomic mass is 10.4. The van der Waals surface area contributed by atoms with E-state index < -0.39 is 10.0 Å². The van der Waals surface area contributed by atoms with Gasteiger partial charge >= 0.3 is 0 Å². The molecule has 0 spiro atoms. The van der Waals surface area contributed by atoms with Crippen LogP contribution in [-0.4, -0.2) is 30.8 Å². The first-order valence-corrected chi connectivity index (χ1v) is 6.23. The number of sulfonamides is 1. The molecule has 1 heterocycles. The molecule has 1 aromatic rings. The van der Waals surface area contributed by atoms with E-state index >= 15 is 0 Å². The van der Waals surface area contributed by atoms with Gasteiger partial charge in [0, 0.05) is 19.1 Å². The quantitative estimate of drug-likeness (QED) is 0.718. The topological polar surface area (TPSA) is 90.0 Å². The SMILES string of the molecule is CCn1nccc1S(=O)(=O)N[C@H](C)CN. The van der Waals surface area contributed by atoms with E-state index in [9.17, 15) is 8.42 Å². The average Bonchev–Trinajstić information content (AvgIpc) is 2.65. The molecule has 3 N–H and O–H groups in total. The molecule has 0 bridgehead atoms. The van der Waals surface area contributed by atoms with Crippen molar-refractivity contribution >= 4 is 10.0 Å². The normalized spacial score (nSPS) is 14.1. The van der Waals surface area contributed by atoms with Gasteiger partial charge in [0.25, 0.3) is 10.0 Å². The van der Waals surface area contributed by atoms with Crippen LogP contribution in [0.25, 0.3) is 0 Å². The molecule has 0 aliphatic heterocycles. The number of nitrogens with two attached hydrogens (primary N) is 1. The Morgan fingerprint density at radius 3 is 2.87 bits per heavy atom. The molecule has 0 radical (unpaired) electrons. The van der Waals surface area contributed by atoms with E-state index in [-0.39, 0.29) is 17.6 Å². The molecule has 0 aliphatic rings. The molecular formula is C8H16N4O2S. The van der Waals surface area contributed by atoms with Crippen molar-refractivity contribution in [3.05, 3.63) is 12.3 Å². The Morgan fingerprint density at radius 2 is 2.33 bits per heavy atom. The van der Waals surface area contributed by atoms with Gasteiger partial charge in [-0.25, -0.2) is 13.1 Å². The highest BCUT2D eigenvalue weighted by Crippen LogP contribution is 2.07. The lowest BCUT2D eigenvalue weighted by Gasteiger charge is -2.12. The molecule has 0 unspecified atom stereocenters. The highest BCUT2D eigenvalue weighted by molar-refractivity contribution is 7.89. The Morgan fingerprint density at radius 1 is 1.67 bits per heavy atom. The highest BCUT2D eigenvalue weighted by Gasteiger charge is 2.20. The van der Waals surface area contributed by atoms with Crippen molar-refractivity contribution in [1.29, 1.82) is 0 Å². The number of nitrogens with zero attached hydrogens (tertiary/aromatic N) is 2. The molecule has 0 saturated carbocycles. The van der Waals surface area contributed by atoms with Crippen LogP contribution in [0.2, 0.25) is 0 Å². The third kappa shape index (κ3) is 2.77. The molecule has 7 heteroatoms. The van der Waals surface area contributed by atoms with Gasteiger partial charge in [0.05, 0.1) is 6.20 Å². The number of hydrogen-bond acceptors (Lipinski definition) is 4. The zero-order valence-corrected chi connectivity index (χ0v) is 9.66. The molecule has 0 aromatic carbocycles. The van der Waals surface area contributed by atoms with E-state index in [1.165, 1.54) is 16.9 Å². The number of nitrogens with one attached hydrogen (secondary N) is 1. The van der Waals surface area contributed by atoms with Crippen molar-refractivity contribution < 1.29 is 8.42 Å². The van der Waals surface area contributed by atoms with E-state index in [2.05, 4.69) is 9.82 Å². The van der Waals surface area contributed by atoms with Gasteiger partial charge in [-0.3, -0.25) is 4.68 Å². The molecule has 1 aromatic heterocycles. The fraction of sp³-hybridized carbons (Fsp3) is 0.625. The van der Waals surface area contributed by atoms with Gasteiger partial charge in [0.1, 0.15) is 0 Å². The van der Waals surface area contributed by atoms with Crippen LogP contribution in [0, 0.1) is 0 Å². The summed E-state index contributed by atoms with van der Waals surface area (Å²) in [6.07, 6.45) is 1.46. The molecule has 86 valence electrons. The van der Waals surface area contributed by atoms with Gasteiger partial charge < -0.3 is 5.73 Å². The minimum Gasteiger partial charge on any atom is -0.329 e. The van der Waals surface area contributed by atoms with Gasteiger partial charge in [-0.15, -0.1) is 0 Å². The molecule has 15 heavy (non-hydrogen) atoms. The molecule has 0 fully saturated rings. The average molecular weight is 232 g/mol. The molecule has 0 amide bonds. The van der Waals surface area contributed by atoms with Gasteiger partial charge in [-0.2, -0.15) is 5.10 Å². The molecule has 0 saturated heterocycles. The minimum atomic E-state index is -3.50. The van der Waals surface area contributed by atoms with Crippen LogP contribution in [0.1, 0.15) is 13.8 Å². The maximum absolute atomic E-state index is 11.8. The van der Waals surface area contributed by atoms with Gasteiger partial charge in [-0.1, -0.05) is 0 Å². The summed E-state index contributed by atoms with van der Waals surface area (Å²) in [4.78, 5) is 0. The van der Waals surface area contributed by atoms with Gasteiger partial charge in [0.15, 0.2) is 5.03 Å². The summed E-state index contributed by atoms with van der Waals surface area (Å²) < 4.78 is 27.5. The van der Waals surface area contributed by atoms with Crippen molar-refractivity contribution in [1.82, 2.24) is 14.5 Å². The smallest absolute Gasteiger partial charge is 0.257 e. The van der Waals surface area contributed by atoms with Crippen LogP contribution in [0.3, 0.4) is 0 Å². The molecule has 1 atom stereocenters. The summed E-state index contributed by atoms with van der Waals surface area (Å²) in [6.45, 7) is 4.32. The Bertz CT molecular complexity index is 412. The first-order chi connectivity index (χ1) is 7.01. The van der Waals surface area contributed by atoms with E-state index in [1.54, 1.807) is 6.92 Å². The summed E-state index contributed by atoms with van der Waals surface area (Å²) in [6, 6.07) is 1.19. The second kappa shape index (κ2) is 4.73. The maximum Gasteiger partial charge on any atom is 0.257 e. The summed E-state index contributed by atoms with van der Waals surface area (Å²) in [5.74, 6) is 0. The lowest BCUT2D eigenvalue weighted by molar-refractivity contribution is 0.532. The fourth-order valence-electron chi connectivity index (χ4n) is 1.16. The van der Waals surface area contributed by atoms with Crippen molar-refractivity contribution in [2.45, 2.75) is 31.5 Å². The third-order valence-corrected chi connectivity index (χ3v) is 3.57. The van der Waals surface area contributed by atoms with E-state index in [1.807, 2.05) is 6.92 Å². The lowest BCUT2D eigenvalue weighted by Crippen LogP contribution is -2.38. The van der Waals surface area contributed by atoms with E-state index in [0.717, 1.165) is 0 Å². The van der Waals surface area contributed by atoms with Crippen LogP contribution < -0.4 is 10.5 Å². The second-order valence-corrected chi connectivity index (χ2v) is 4.90. The Kier molecular flexibility index (Phi) is 3.83. The zero-order valence-electron chi connectivity index (χ0n) is 8.84. The highest BCUT2D eigenvalue weighted by atomic mass is 32.2. The summed E-state index contributed by atoms with van der Waals surface area (Å²) in [5, 5.41) is 4.07. The van der Waals surface area contributed by atoms with Crippen molar-refractivity contribution in [3.63, 3.8) is 0 Å². The summed E-state index contributed by atoms with van der Waals surface area (Å²) >= 11 is 0. The van der Waals surface area contributed by atoms with Crippen LogP contribution in [0.4, 0.5) is 0 Å². The number of rotatable bonds is 5. The van der Waals surface area contributed by atoms with Gasteiger partial charge in [-0.05, 0) is 19.9 Å². The fourth-order valence-corrected chi connectivity index (χ4v) is 2.60. The monoisotopic (exact) mass is 232 g/mol. The van der Waals surface area contributed by atoms with Crippen molar-refractivity contribution in [3.8, 4) is 0 Å². The third-order valence-electron chi connectivity index (χ3n) is 1.96. The number of aromatic nitrogens is 2. The van der Waals surface area contributed by atoms with Crippen LogP contribution in [-0.2, 0) is 16.6 Å². The molecular weight excluding hydrogens is 216 g/mol. The van der Waals surface area contributed by atoms with E-state index in [4.69, 9.17) is 5.73 Å². The predicted molar refractivity (Wildman–Crippen MR) is 56.7 cm³/mol. The van der Waals surface area contributed by atoms with Crippen LogP contribution in [0.5, 0.6) is 0 Å². The standard InChI is InChI=1S/C8H16N4O2S/c1-3-12-8(4-5-10-12)15(13,14)11-7(2)6-9/h4-5,7,11H,3,6,9H2,1-2H3/t7-/m1/s1. The number of hydrogen-bond donors (Lipinski definition) is 2. The predicted octanol–water partition coefficient (Wildman–Crippen LogP) is -0.471. The Labute approximate surface area is 89.5 Å². The largest absolute Gasteiger partial charge is 0.329 e. The Balaban J connectivity index is 2.96. The zero-order chi connectivity index (χ0) is 11.5. The number of aryl methyl sites for hydroxylation is 1. The summed E-state index contributed by atoms with van der Waals surface area (Å²) in [5.41, 5.74) is 5.35.